The predicted molar refractivity (Wildman–Crippen MR) is 474 cm³/mol. The van der Waals surface area contributed by atoms with Crippen LogP contribution >= 0.6 is 0 Å². The van der Waals surface area contributed by atoms with E-state index in [2.05, 4.69) is 125 Å². The van der Waals surface area contributed by atoms with Gasteiger partial charge < -0.3 is 56.8 Å². The lowest BCUT2D eigenvalue weighted by molar-refractivity contribution is 0.0712. The fourth-order valence-corrected chi connectivity index (χ4v) is 14.1. The van der Waals surface area contributed by atoms with E-state index in [9.17, 15) is 19.2 Å². The molecule has 117 heavy (non-hydrogen) atoms. The third-order valence-electron chi connectivity index (χ3n) is 20.7. The van der Waals surface area contributed by atoms with E-state index in [1.165, 1.54) is 0 Å². The van der Waals surface area contributed by atoms with Crippen molar-refractivity contribution in [1.29, 1.82) is 0 Å². The molecule has 0 unspecified atom stereocenters. The zero-order valence-electron chi connectivity index (χ0n) is 72.1. The number of carbonyl (C=O) groups is 4. The highest BCUT2D eigenvalue weighted by atomic mass is 16.5. The predicted octanol–water partition coefficient (Wildman–Crippen LogP) is 21.1. The number of para-hydroxylation sites is 8. The number of rotatable bonds is 38. The Balaban J connectivity index is 0.000000178. The first-order chi connectivity index (χ1) is 56.8. The summed E-state index contributed by atoms with van der Waals surface area (Å²) in [6, 6.07) is 62.2. The van der Waals surface area contributed by atoms with E-state index in [4.69, 9.17) is 38.9 Å². The van der Waals surface area contributed by atoms with Gasteiger partial charge in [0.05, 0.1) is 98.8 Å². The lowest BCUT2D eigenvalue weighted by Crippen LogP contribution is -2.34. The topological polar surface area (TPSA) is 189 Å². The SMILES string of the molecule is CCCCn1c(CN(CC(C)C)C(=O)c2ccc(OC)cc2)nc2ccccc21.CCCCn1c(CN(CCC(C)C)C(=O)c2ccc(OC)cc2)nc2ccccc21.CCCCn1c(CN(CCC(C)C)C(=O)c2cccc(OC)c2)nc2ccccc21.CCCCn1c(CN(CCC)C(=O)c2ccc(OC)cc2)nc2ccccc21. The zero-order chi connectivity index (χ0) is 83.8. The van der Waals surface area contributed by atoms with Crippen LogP contribution in [0.3, 0.4) is 0 Å². The largest absolute Gasteiger partial charge is 0.497 e. The Labute approximate surface area is 694 Å². The number of hydrogen-bond donors (Lipinski definition) is 0. The van der Waals surface area contributed by atoms with Gasteiger partial charge in [-0.2, -0.15) is 0 Å². The second-order valence-corrected chi connectivity index (χ2v) is 31.1. The summed E-state index contributed by atoms with van der Waals surface area (Å²) in [5, 5.41) is 0. The molecule has 0 saturated heterocycles. The van der Waals surface area contributed by atoms with Crippen LogP contribution in [0, 0.1) is 17.8 Å². The first-order valence-corrected chi connectivity index (χ1v) is 42.3. The monoisotopic (exact) mass is 1590 g/mol. The quantitative estimate of drug-likeness (QED) is 0.0356. The van der Waals surface area contributed by atoms with Crippen LogP contribution in [0.25, 0.3) is 44.1 Å². The number of amides is 4. The van der Waals surface area contributed by atoms with E-state index in [1.807, 2.05) is 183 Å². The van der Waals surface area contributed by atoms with Gasteiger partial charge in [-0.3, -0.25) is 19.2 Å². The first kappa shape index (κ1) is 89.6. The number of imidazole rings is 4. The lowest BCUT2D eigenvalue weighted by Gasteiger charge is -2.25. The Morgan fingerprint density at radius 3 is 0.872 bits per heavy atom. The second-order valence-electron chi connectivity index (χ2n) is 31.1. The van der Waals surface area contributed by atoms with Gasteiger partial charge in [0.25, 0.3) is 23.6 Å². The van der Waals surface area contributed by atoms with E-state index >= 15 is 0 Å². The molecule has 0 N–H and O–H groups in total. The number of aryl methyl sites for hydroxylation is 4. The van der Waals surface area contributed by atoms with E-state index in [0.717, 1.165) is 181 Å². The third kappa shape index (κ3) is 25.1. The molecular formula is C97H126N12O8. The van der Waals surface area contributed by atoms with Gasteiger partial charge >= 0.3 is 0 Å². The summed E-state index contributed by atoms with van der Waals surface area (Å²) in [4.78, 5) is 80.3. The van der Waals surface area contributed by atoms with Gasteiger partial charge in [0.1, 0.15) is 46.3 Å². The molecular weight excluding hydrogens is 1460 g/mol. The van der Waals surface area contributed by atoms with Gasteiger partial charge in [0, 0.05) is 74.6 Å². The molecule has 0 spiro atoms. The molecule has 0 radical (unpaired) electrons. The second kappa shape index (κ2) is 45.9. The Hall–Kier alpha value is -11.3. The van der Waals surface area contributed by atoms with Crippen LogP contribution in [0.5, 0.6) is 23.0 Å². The van der Waals surface area contributed by atoms with E-state index < -0.39 is 0 Å². The summed E-state index contributed by atoms with van der Waals surface area (Å²) in [7, 11) is 6.51. The fraction of sp³-hybridized carbons (Fsp3) is 0.423. The molecule has 0 saturated carbocycles. The van der Waals surface area contributed by atoms with E-state index in [-0.39, 0.29) is 23.6 Å². The Bertz CT molecular complexity index is 5060. The normalized spacial score (nSPS) is 11.2. The average Bonchev–Trinajstić information content (AvgIpc) is 1.65. The first-order valence-electron chi connectivity index (χ1n) is 42.3. The molecule has 12 aromatic rings. The van der Waals surface area contributed by atoms with Gasteiger partial charge in [0.15, 0.2) is 0 Å². The summed E-state index contributed by atoms with van der Waals surface area (Å²) in [6.45, 7) is 32.4. The number of hydrogen-bond acceptors (Lipinski definition) is 12. The van der Waals surface area contributed by atoms with Crippen LogP contribution in [-0.4, -0.2) is 136 Å². The zero-order valence-corrected chi connectivity index (χ0v) is 72.1. The summed E-state index contributed by atoms with van der Waals surface area (Å²) in [6.07, 6.45) is 11.6. The summed E-state index contributed by atoms with van der Waals surface area (Å²) in [5.41, 5.74) is 11.2. The molecule has 622 valence electrons. The number of carbonyl (C=O) groups excluding carboxylic acids is 4. The number of aromatic nitrogens is 8. The number of nitrogens with zero attached hydrogens (tertiary/aromatic N) is 12. The molecule has 8 aromatic carbocycles. The molecule has 0 aliphatic heterocycles. The number of fused-ring (bicyclic) bond motifs is 4. The van der Waals surface area contributed by atoms with Crippen molar-refractivity contribution >= 4 is 67.8 Å². The number of ether oxygens (including phenoxy) is 4. The van der Waals surface area contributed by atoms with Gasteiger partial charge in [-0.15, -0.1) is 0 Å². The minimum absolute atomic E-state index is 0.0173. The van der Waals surface area contributed by atoms with Crippen LogP contribution in [0.1, 0.15) is 212 Å². The molecule has 0 aliphatic carbocycles. The van der Waals surface area contributed by atoms with Crippen LogP contribution in [0.2, 0.25) is 0 Å². The Kier molecular flexibility index (Phi) is 35.1. The molecule has 4 heterocycles. The number of benzene rings is 8. The highest BCUT2D eigenvalue weighted by Gasteiger charge is 2.26. The standard InChI is InChI=1S/2C25H33N3O2.C24H31N3O2.C23H29N3O2/c1-5-6-15-28-23-13-8-7-12-22(23)26-24(28)18-27(16-14-19(2)3)25(29)20-10-9-11-21(17-20)30-4;1-5-6-16-28-23-10-8-7-9-22(23)26-24(28)18-27(17-15-19(2)3)25(29)20-11-13-21(30-4)14-12-20;1-5-6-15-27-22-10-8-7-9-21(22)25-23(27)17-26(16-18(2)3)24(28)19-11-13-20(29-4)14-12-19;1-4-6-16-26-21-10-8-7-9-20(21)24-22(26)17-25(15-5-2)23(27)18-11-13-19(28-3)14-12-18/h7-13,17,19H,5-6,14-16,18H2,1-4H3;7-14,19H,5-6,15-18H2,1-4H3;7-14,18H,5-6,15-17H2,1-4H3;7-14H,4-6,15-17H2,1-3H3. The van der Waals surface area contributed by atoms with Crippen LogP contribution in [0.4, 0.5) is 0 Å². The third-order valence-corrected chi connectivity index (χ3v) is 20.7. The maximum Gasteiger partial charge on any atom is 0.254 e. The molecule has 20 nitrogen and oxygen atoms in total. The summed E-state index contributed by atoms with van der Waals surface area (Å²) >= 11 is 0. The summed E-state index contributed by atoms with van der Waals surface area (Å²) < 4.78 is 30.1. The highest BCUT2D eigenvalue weighted by Crippen LogP contribution is 2.28. The minimum Gasteiger partial charge on any atom is -0.497 e. The maximum absolute atomic E-state index is 13.4. The summed E-state index contributed by atoms with van der Waals surface area (Å²) in [5.74, 6) is 8.25. The minimum atomic E-state index is 0.0173. The van der Waals surface area contributed by atoms with E-state index in [0.29, 0.717) is 98.1 Å². The van der Waals surface area contributed by atoms with Crippen molar-refractivity contribution < 1.29 is 38.1 Å². The van der Waals surface area contributed by atoms with Crippen molar-refractivity contribution in [3.63, 3.8) is 0 Å². The molecule has 20 heteroatoms. The smallest absolute Gasteiger partial charge is 0.254 e. The molecule has 4 aromatic heterocycles. The maximum atomic E-state index is 13.4. The van der Waals surface area contributed by atoms with Crippen LogP contribution in [-0.2, 0) is 52.4 Å². The Morgan fingerprint density at radius 1 is 0.308 bits per heavy atom. The van der Waals surface area contributed by atoms with Gasteiger partial charge in [-0.05, 0) is 202 Å². The number of methoxy groups -OCH3 is 4. The van der Waals surface area contributed by atoms with Crippen molar-refractivity contribution in [2.24, 2.45) is 17.8 Å². The van der Waals surface area contributed by atoms with Gasteiger partial charge in [0.2, 0.25) is 0 Å². The molecule has 4 amide bonds. The molecule has 0 atom stereocenters. The van der Waals surface area contributed by atoms with Crippen LogP contribution in [0.15, 0.2) is 194 Å². The van der Waals surface area contributed by atoms with Crippen molar-refractivity contribution in [3.05, 3.63) is 240 Å². The highest BCUT2D eigenvalue weighted by molar-refractivity contribution is 5.96. The average molecular weight is 1590 g/mol. The van der Waals surface area contributed by atoms with Crippen LogP contribution < -0.4 is 18.9 Å². The Morgan fingerprint density at radius 2 is 0.590 bits per heavy atom. The van der Waals surface area contributed by atoms with Crippen molar-refractivity contribution in [1.82, 2.24) is 57.8 Å². The molecule has 0 bridgehead atoms. The molecule has 0 fully saturated rings. The van der Waals surface area contributed by atoms with Crippen molar-refractivity contribution in [2.45, 2.75) is 199 Å². The molecule has 12 rings (SSSR count). The van der Waals surface area contributed by atoms with Gasteiger partial charge in [-0.1, -0.05) is 156 Å². The fourth-order valence-electron chi connectivity index (χ4n) is 14.1. The van der Waals surface area contributed by atoms with Crippen molar-refractivity contribution in [2.75, 3.05) is 54.6 Å². The van der Waals surface area contributed by atoms with E-state index in [1.54, 1.807) is 28.4 Å². The number of unbranched alkanes of at least 4 members (excludes halogenated alkanes) is 4. The lowest BCUT2D eigenvalue weighted by atomic mass is 10.1. The van der Waals surface area contributed by atoms with Gasteiger partial charge in [-0.25, -0.2) is 19.9 Å². The molecule has 0 aliphatic rings. The van der Waals surface area contributed by atoms with Crippen molar-refractivity contribution in [3.8, 4) is 23.0 Å².